The number of nitrogens with one attached hydrogen (secondary N) is 2. The molecule has 0 aromatic heterocycles. The van der Waals surface area contributed by atoms with Crippen LogP contribution in [0.2, 0.25) is 0 Å². The monoisotopic (exact) mass is 312 g/mol. The molecule has 0 bridgehead atoms. The fourth-order valence-electron chi connectivity index (χ4n) is 3.12. The van der Waals surface area contributed by atoms with E-state index in [1.54, 1.807) is 0 Å². The van der Waals surface area contributed by atoms with E-state index in [1.165, 1.54) is 32.1 Å². The normalized spacial score (nSPS) is 23.2. The first kappa shape index (κ1) is 19.3. The molecule has 0 saturated heterocycles. The maximum atomic E-state index is 11.5. The molecule has 0 aliphatic heterocycles. The number of hydrogen-bond acceptors (Lipinski definition) is 3. The highest BCUT2D eigenvalue weighted by atomic mass is 16.6. The Labute approximate surface area is 136 Å². The summed E-state index contributed by atoms with van der Waals surface area (Å²) in [4.78, 5) is 11.5. The Morgan fingerprint density at radius 2 is 1.64 bits per heavy atom. The minimum absolute atomic E-state index is 0.331. The Balaban J connectivity index is 2.14. The SMILES string of the molecule is CCC(C)(C)C1CCC(NCCNC(=O)OC(C)(C)C)CC1. The van der Waals surface area contributed by atoms with Crippen LogP contribution in [0.25, 0.3) is 0 Å². The second-order valence-corrected chi connectivity index (χ2v) is 8.27. The molecule has 4 nitrogen and oxygen atoms in total. The number of carbonyl (C=O) groups excluding carboxylic acids is 1. The highest BCUT2D eigenvalue weighted by molar-refractivity contribution is 5.67. The molecule has 1 aliphatic rings. The lowest BCUT2D eigenvalue weighted by Crippen LogP contribution is -2.41. The van der Waals surface area contributed by atoms with Crippen molar-refractivity contribution in [3.63, 3.8) is 0 Å². The maximum absolute atomic E-state index is 11.5. The van der Waals surface area contributed by atoms with Gasteiger partial charge in [0, 0.05) is 19.1 Å². The lowest BCUT2D eigenvalue weighted by atomic mass is 9.69. The van der Waals surface area contributed by atoms with Gasteiger partial charge in [0.25, 0.3) is 0 Å². The molecule has 0 heterocycles. The first-order valence-electron chi connectivity index (χ1n) is 8.84. The molecule has 1 amide bonds. The Morgan fingerprint density at radius 1 is 1.05 bits per heavy atom. The number of rotatable bonds is 6. The van der Waals surface area contributed by atoms with Gasteiger partial charge in [-0.25, -0.2) is 4.79 Å². The second-order valence-electron chi connectivity index (χ2n) is 8.27. The van der Waals surface area contributed by atoms with Crippen molar-refractivity contribution in [2.75, 3.05) is 13.1 Å². The van der Waals surface area contributed by atoms with E-state index in [9.17, 15) is 4.79 Å². The van der Waals surface area contributed by atoms with Crippen LogP contribution in [-0.2, 0) is 4.74 Å². The molecule has 22 heavy (non-hydrogen) atoms. The van der Waals surface area contributed by atoms with Crippen LogP contribution >= 0.6 is 0 Å². The van der Waals surface area contributed by atoms with E-state index in [1.807, 2.05) is 20.8 Å². The molecule has 1 rings (SSSR count). The van der Waals surface area contributed by atoms with Crippen molar-refractivity contribution in [3.8, 4) is 0 Å². The minimum atomic E-state index is -0.429. The van der Waals surface area contributed by atoms with E-state index in [-0.39, 0.29) is 6.09 Å². The average molecular weight is 312 g/mol. The predicted molar refractivity (Wildman–Crippen MR) is 92.1 cm³/mol. The third-order valence-corrected chi connectivity index (χ3v) is 4.97. The first-order chi connectivity index (χ1) is 10.1. The van der Waals surface area contributed by atoms with Crippen LogP contribution in [0.15, 0.2) is 0 Å². The summed E-state index contributed by atoms with van der Waals surface area (Å²) in [5, 5.41) is 6.36. The summed E-state index contributed by atoms with van der Waals surface area (Å²) in [6, 6.07) is 0.601. The minimum Gasteiger partial charge on any atom is -0.444 e. The highest BCUT2D eigenvalue weighted by Gasteiger charge is 2.31. The van der Waals surface area contributed by atoms with Gasteiger partial charge >= 0.3 is 6.09 Å². The van der Waals surface area contributed by atoms with Crippen molar-refractivity contribution < 1.29 is 9.53 Å². The molecule has 1 fully saturated rings. The topological polar surface area (TPSA) is 50.4 Å². The van der Waals surface area contributed by atoms with E-state index >= 15 is 0 Å². The van der Waals surface area contributed by atoms with Crippen LogP contribution in [0.3, 0.4) is 0 Å². The van der Waals surface area contributed by atoms with Gasteiger partial charge in [-0.15, -0.1) is 0 Å². The number of amides is 1. The largest absolute Gasteiger partial charge is 0.444 e. The average Bonchev–Trinajstić information content (AvgIpc) is 2.42. The lowest BCUT2D eigenvalue weighted by Gasteiger charge is -2.39. The van der Waals surface area contributed by atoms with Crippen LogP contribution in [-0.4, -0.2) is 30.8 Å². The molecule has 0 radical (unpaired) electrons. The van der Waals surface area contributed by atoms with Crippen LogP contribution in [0, 0.1) is 11.3 Å². The predicted octanol–water partition coefficient (Wildman–Crippen LogP) is 4.10. The van der Waals surface area contributed by atoms with Gasteiger partial charge in [-0.2, -0.15) is 0 Å². The molecule has 2 N–H and O–H groups in total. The summed E-state index contributed by atoms with van der Waals surface area (Å²) >= 11 is 0. The summed E-state index contributed by atoms with van der Waals surface area (Å²) in [7, 11) is 0. The van der Waals surface area contributed by atoms with Crippen molar-refractivity contribution >= 4 is 6.09 Å². The summed E-state index contributed by atoms with van der Waals surface area (Å²) in [6.45, 7) is 14.2. The Hall–Kier alpha value is -0.770. The van der Waals surface area contributed by atoms with Crippen molar-refractivity contribution in [1.29, 1.82) is 0 Å². The molecule has 4 heteroatoms. The van der Waals surface area contributed by atoms with Gasteiger partial charge in [-0.3, -0.25) is 0 Å². The van der Waals surface area contributed by atoms with Crippen LogP contribution in [0.5, 0.6) is 0 Å². The van der Waals surface area contributed by atoms with Crippen molar-refractivity contribution in [3.05, 3.63) is 0 Å². The fraction of sp³-hybridized carbons (Fsp3) is 0.944. The second kappa shape index (κ2) is 8.19. The van der Waals surface area contributed by atoms with E-state index in [2.05, 4.69) is 31.4 Å². The number of alkyl carbamates (subject to hydrolysis) is 1. The molecule has 1 aliphatic carbocycles. The summed E-state index contributed by atoms with van der Waals surface area (Å²) in [5.41, 5.74) is 0.0468. The first-order valence-corrected chi connectivity index (χ1v) is 8.84. The summed E-state index contributed by atoms with van der Waals surface area (Å²) < 4.78 is 5.22. The van der Waals surface area contributed by atoms with Gasteiger partial charge in [0.1, 0.15) is 5.60 Å². The Kier molecular flexibility index (Phi) is 7.17. The summed E-state index contributed by atoms with van der Waals surface area (Å²) in [5.74, 6) is 0.857. The van der Waals surface area contributed by atoms with E-state index in [0.717, 1.165) is 12.5 Å². The number of hydrogen-bond donors (Lipinski definition) is 2. The van der Waals surface area contributed by atoms with Crippen LogP contribution < -0.4 is 10.6 Å². The van der Waals surface area contributed by atoms with Gasteiger partial charge in [0.15, 0.2) is 0 Å². The standard InChI is InChI=1S/C18H36N2O2/c1-7-18(5,6)14-8-10-15(11-9-14)19-12-13-20-16(21)22-17(2,3)4/h14-15,19H,7-13H2,1-6H3,(H,20,21). The third kappa shape index (κ3) is 6.99. The number of ether oxygens (including phenoxy) is 1. The zero-order valence-corrected chi connectivity index (χ0v) is 15.4. The summed E-state index contributed by atoms with van der Waals surface area (Å²) in [6.07, 6.45) is 6.06. The smallest absolute Gasteiger partial charge is 0.407 e. The molecule has 0 atom stereocenters. The molecule has 0 spiro atoms. The van der Waals surface area contributed by atoms with Crippen LogP contribution in [0.4, 0.5) is 4.79 Å². The zero-order valence-electron chi connectivity index (χ0n) is 15.4. The van der Waals surface area contributed by atoms with E-state index < -0.39 is 5.60 Å². The molecule has 130 valence electrons. The van der Waals surface area contributed by atoms with Crippen molar-refractivity contribution in [2.24, 2.45) is 11.3 Å². The van der Waals surface area contributed by atoms with Gasteiger partial charge in [-0.05, 0) is 57.8 Å². The van der Waals surface area contributed by atoms with Crippen molar-refractivity contribution in [2.45, 2.75) is 85.3 Å². The highest BCUT2D eigenvalue weighted by Crippen LogP contribution is 2.40. The maximum Gasteiger partial charge on any atom is 0.407 e. The van der Waals surface area contributed by atoms with Gasteiger partial charge in [0.2, 0.25) is 0 Å². The zero-order chi connectivity index (χ0) is 16.8. The van der Waals surface area contributed by atoms with Gasteiger partial charge in [0.05, 0.1) is 0 Å². The molecular weight excluding hydrogens is 276 g/mol. The van der Waals surface area contributed by atoms with E-state index in [4.69, 9.17) is 4.74 Å². The molecule has 0 unspecified atom stereocenters. The Morgan fingerprint density at radius 3 is 2.14 bits per heavy atom. The quantitative estimate of drug-likeness (QED) is 0.726. The third-order valence-electron chi connectivity index (χ3n) is 4.97. The van der Waals surface area contributed by atoms with Crippen molar-refractivity contribution in [1.82, 2.24) is 10.6 Å². The molecule has 1 saturated carbocycles. The number of carbonyl (C=O) groups is 1. The van der Waals surface area contributed by atoms with E-state index in [0.29, 0.717) is 18.0 Å². The van der Waals surface area contributed by atoms with Crippen LogP contribution in [0.1, 0.15) is 73.6 Å². The lowest BCUT2D eigenvalue weighted by molar-refractivity contribution is 0.0527. The van der Waals surface area contributed by atoms with Gasteiger partial charge in [-0.1, -0.05) is 27.2 Å². The fourth-order valence-corrected chi connectivity index (χ4v) is 3.12. The van der Waals surface area contributed by atoms with Gasteiger partial charge < -0.3 is 15.4 Å². The molecule has 0 aromatic rings. The molecule has 0 aromatic carbocycles. The Bertz CT molecular complexity index is 339. The molecular formula is C18H36N2O2.